The van der Waals surface area contributed by atoms with Gasteiger partial charge in [0, 0.05) is 31.7 Å². The lowest BCUT2D eigenvalue weighted by Gasteiger charge is -2.23. The van der Waals surface area contributed by atoms with Gasteiger partial charge in [0.05, 0.1) is 18.8 Å². The maximum absolute atomic E-state index is 12.1. The largest absolute Gasteiger partial charge is 0.492 e. The first-order chi connectivity index (χ1) is 15.2. The monoisotopic (exact) mass is 438 g/mol. The van der Waals surface area contributed by atoms with E-state index in [0.29, 0.717) is 6.61 Å². The fourth-order valence-electron chi connectivity index (χ4n) is 4.57. The third-order valence-electron chi connectivity index (χ3n) is 6.13. The number of hydrogen-bond donors (Lipinski definition) is 0. The Bertz CT molecular complexity index is 1090. The molecule has 0 aliphatic carbocycles. The lowest BCUT2D eigenvalue weighted by molar-refractivity contribution is -0.146. The molecule has 3 heterocycles. The molecule has 1 atom stereocenters. The molecule has 1 fully saturated rings. The third-order valence-corrected chi connectivity index (χ3v) is 6.69. The fourth-order valence-corrected chi connectivity index (χ4v) is 5.09. The van der Waals surface area contributed by atoms with Crippen molar-refractivity contribution in [1.82, 2.24) is 18.5 Å². The van der Waals surface area contributed by atoms with Crippen molar-refractivity contribution in [2.24, 2.45) is 0 Å². The topological polar surface area (TPSA) is 67.8 Å². The van der Waals surface area contributed by atoms with Gasteiger partial charge in [0.15, 0.2) is 0 Å². The van der Waals surface area contributed by atoms with Gasteiger partial charge in [-0.2, -0.15) is 8.75 Å². The van der Waals surface area contributed by atoms with Crippen LogP contribution in [0.5, 0.6) is 5.75 Å². The summed E-state index contributed by atoms with van der Waals surface area (Å²) in [6.45, 7) is 4.89. The second kappa shape index (κ2) is 8.90. The number of methoxy groups -OCH3 is 1. The molecule has 162 valence electrons. The highest BCUT2D eigenvalue weighted by Gasteiger charge is 2.31. The average Bonchev–Trinajstić information content (AvgIpc) is 3.39. The van der Waals surface area contributed by atoms with E-state index in [2.05, 4.69) is 48.9 Å². The van der Waals surface area contributed by atoms with E-state index in [1.54, 1.807) is 0 Å². The number of fused-ring (bicyclic) bond motifs is 2. The minimum absolute atomic E-state index is 0.131. The standard InChI is InChI=1S/C23H26N4O3S/c1-29-23(28)21-3-2-8-27(21)14-16-5-7-22-18(11-16)15-26(9-10-30-22)13-17-4-6-19-20(12-17)25-31-24-19/h4-7,11-12,21H,2-3,8-10,13-15H2,1H3/t21-/m0/s1. The summed E-state index contributed by atoms with van der Waals surface area (Å²) in [6.07, 6.45) is 1.90. The summed E-state index contributed by atoms with van der Waals surface area (Å²) in [5.41, 5.74) is 5.55. The van der Waals surface area contributed by atoms with Crippen LogP contribution in [0.3, 0.4) is 0 Å². The van der Waals surface area contributed by atoms with Crippen LogP contribution in [-0.2, 0) is 29.2 Å². The number of carbonyl (C=O) groups is 1. The van der Waals surface area contributed by atoms with E-state index >= 15 is 0 Å². The number of aromatic nitrogens is 2. The summed E-state index contributed by atoms with van der Waals surface area (Å²) >= 11 is 1.25. The zero-order chi connectivity index (χ0) is 21.2. The van der Waals surface area contributed by atoms with Crippen LogP contribution in [0.25, 0.3) is 11.0 Å². The van der Waals surface area contributed by atoms with Crippen LogP contribution in [0.2, 0.25) is 0 Å². The molecule has 2 aliphatic heterocycles. The lowest BCUT2D eigenvalue weighted by Crippen LogP contribution is -2.36. The van der Waals surface area contributed by atoms with Crippen molar-refractivity contribution in [3.63, 3.8) is 0 Å². The van der Waals surface area contributed by atoms with Crippen LogP contribution >= 0.6 is 11.7 Å². The van der Waals surface area contributed by atoms with Gasteiger partial charge in [-0.3, -0.25) is 14.6 Å². The molecule has 0 radical (unpaired) electrons. The molecule has 0 N–H and O–H groups in total. The molecule has 8 heteroatoms. The first-order valence-corrected chi connectivity index (χ1v) is 11.4. The van der Waals surface area contributed by atoms with Crippen LogP contribution in [-0.4, -0.2) is 57.4 Å². The van der Waals surface area contributed by atoms with E-state index in [1.165, 1.54) is 35.5 Å². The highest BCUT2D eigenvalue weighted by molar-refractivity contribution is 7.00. The third kappa shape index (κ3) is 4.42. The van der Waals surface area contributed by atoms with Crippen molar-refractivity contribution in [2.45, 2.75) is 38.5 Å². The quantitative estimate of drug-likeness (QED) is 0.567. The van der Waals surface area contributed by atoms with Gasteiger partial charge in [0.1, 0.15) is 29.4 Å². The van der Waals surface area contributed by atoms with Crippen molar-refractivity contribution < 1.29 is 14.3 Å². The number of carbonyl (C=O) groups excluding carboxylic acids is 1. The van der Waals surface area contributed by atoms with Gasteiger partial charge < -0.3 is 9.47 Å². The van der Waals surface area contributed by atoms with Crippen LogP contribution in [0.4, 0.5) is 0 Å². The lowest BCUT2D eigenvalue weighted by atomic mass is 10.1. The van der Waals surface area contributed by atoms with Gasteiger partial charge in [-0.1, -0.05) is 12.1 Å². The summed E-state index contributed by atoms with van der Waals surface area (Å²) in [5, 5.41) is 0. The first kappa shape index (κ1) is 20.4. The van der Waals surface area contributed by atoms with Gasteiger partial charge >= 0.3 is 5.97 Å². The minimum Gasteiger partial charge on any atom is -0.492 e. The Kier molecular flexibility index (Phi) is 5.85. The van der Waals surface area contributed by atoms with Crippen LogP contribution in [0, 0.1) is 0 Å². The van der Waals surface area contributed by atoms with Crippen LogP contribution < -0.4 is 4.74 Å². The summed E-state index contributed by atoms with van der Waals surface area (Å²) in [5.74, 6) is 0.824. The summed E-state index contributed by atoms with van der Waals surface area (Å²) in [4.78, 5) is 16.7. The van der Waals surface area contributed by atoms with Crippen molar-refractivity contribution in [2.75, 3.05) is 26.8 Å². The number of nitrogens with zero attached hydrogens (tertiary/aromatic N) is 4. The maximum atomic E-state index is 12.1. The normalized spacial score (nSPS) is 19.7. The van der Waals surface area contributed by atoms with E-state index in [0.717, 1.165) is 62.3 Å². The van der Waals surface area contributed by atoms with E-state index in [4.69, 9.17) is 9.47 Å². The molecule has 0 spiro atoms. The maximum Gasteiger partial charge on any atom is 0.323 e. The Hall–Kier alpha value is -2.55. The number of esters is 1. The Morgan fingerprint density at radius 1 is 1.13 bits per heavy atom. The molecule has 0 amide bonds. The molecule has 1 aromatic heterocycles. The SMILES string of the molecule is COC(=O)[C@@H]1CCCN1Cc1ccc2c(c1)CN(Cc1ccc3nsnc3c1)CCO2. The predicted molar refractivity (Wildman–Crippen MR) is 119 cm³/mol. The Balaban J connectivity index is 1.30. The van der Waals surface area contributed by atoms with Crippen LogP contribution in [0.15, 0.2) is 36.4 Å². The summed E-state index contributed by atoms with van der Waals surface area (Å²) in [6, 6.07) is 12.6. The highest BCUT2D eigenvalue weighted by Crippen LogP contribution is 2.28. The first-order valence-electron chi connectivity index (χ1n) is 10.7. The molecule has 2 aliphatic rings. The Labute approximate surface area is 185 Å². The zero-order valence-electron chi connectivity index (χ0n) is 17.6. The number of likely N-dealkylation sites (tertiary alicyclic amines) is 1. The van der Waals surface area contributed by atoms with Gasteiger partial charge in [-0.15, -0.1) is 0 Å². The van der Waals surface area contributed by atoms with Gasteiger partial charge in [-0.05, 0) is 54.8 Å². The van der Waals surface area contributed by atoms with Crippen molar-refractivity contribution in [1.29, 1.82) is 0 Å². The number of benzene rings is 2. The van der Waals surface area contributed by atoms with E-state index < -0.39 is 0 Å². The molecule has 2 aromatic carbocycles. The molecular formula is C23H26N4O3S. The minimum atomic E-state index is -0.133. The fraction of sp³-hybridized carbons (Fsp3) is 0.435. The van der Waals surface area contributed by atoms with E-state index in [1.807, 2.05) is 6.07 Å². The zero-order valence-corrected chi connectivity index (χ0v) is 18.4. The number of ether oxygens (including phenoxy) is 2. The molecule has 7 nitrogen and oxygen atoms in total. The smallest absolute Gasteiger partial charge is 0.323 e. The van der Waals surface area contributed by atoms with Crippen molar-refractivity contribution in [3.8, 4) is 5.75 Å². The van der Waals surface area contributed by atoms with E-state index in [-0.39, 0.29) is 12.0 Å². The molecule has 0 bridgehead atoms. The molecule has 0 unspecified atom stereocenters. The van der Waals surface area contributed by atoms with Gasteiger partial charge in [0.25, 0.3) is 0 Å². The predicted octanol–water partition coefficient (Wildman–Crippen LogP) is 3.22. The molecule has 31 heavy (non-hydrogen) atoms. The summed E-state index contributed by atoms with van der Waals surface area (Å²) in [7, 11) is 1.47. The number of hydrogen-bond acceptors (Lipinski definition) is 8. The van der Waals surface area contributed by atoms with Gasteiger partial charge in [-0.25, -0.2) is 0 Å². The van der Waals surface area contributed by atoms with E-state index in [9.17, 15) is 4.79 Å². The molecule has 1 saturated heterocycles. The molecule has 3 aromatic rings. The highest BCUT2D eigenvalue weighted by atomic mass is 32.1. The summed E-state index contributed by atoms with van der Waals surface area (Å²) < 4.78 is 19.7. The Morgan fingerprint density at radius 3 is 2.87 bits per heavy atom. The second-order valence-electron chi connectivity index (χ2n) is 8.24. The second-order valence-corrected chi connectivity index (χ2v) is 8.77. The van der Waals surface area contributed by atoms with Crippen molar-refractivity contribution >= 4 is 28.7 Å². The van der Waals surface area contributed by atoms with Crippen molar-refractivity contribution in [3.05, 3.63) is 53.1 Å². The number of rotatable bonds is 5. The molecule has 0 saturated carbocycles. The van der Waals surface area contributed by atoms with Crippen LogP contribution in [0.1, 0.15) is 29.5 Å². The molecular weight excluding hydrogens is 412 g/mol. The van der Waals surface area contributed by atoms with Gasteiger partial charge in [0.2, 0.25) is 0 Å². The average molecular weight is 439 g/mol. The molecule has 5 rings (SSSR count). The Morgan fingerprint density at radius 2 is 1.97 bits per heavy atom.